The average molecular weight is 178 g/mol. The van der Waals surface area contributed by atoms with Crippen molar-refractivity contribution in [2.45, 2.75) is 18.9 Å². The lowest BCUT2D eigenvalue weighted by molar-refractivity contribution is 0.0473. The van der Waals surface area contributed by atoms with E-state index in [-0.39, 0.29) is 6.04 Å². The highest BCUT2D eigenvalue weighted by Gasteiger charge is 2.22. The number of hydrogen-bond acceptors (Lipinski definition) is 3. The number of nitrogens with one attached hydrogen (secondary N) is 1. The topological polar surface area (TPSA) is 45.0 Å². The van der Waals surface area contributed by atoms with Gasteiger partial charge in [-0.15, -0.1) is 6.42 Å². The second-order valence-electron chi connectivity index (χ2n) is 3.17. The summed E-state index contributed by atoms with van der Waals surface area (Å²) in [5.74, 6) is 2.77. The van der Waals surface area contributed by atoms with Gasteiger partial charge in [0.25, 0.3) is 0 Å². The molecule has 1 saturated heterocycles. The van der Waals surface area contributed by atoms with E-state index in [2.05, 4.69) is 17.3 Å². The van der Waals surface area contributed by atoms with Crippen molar-refractivity contribution >= 4 is 0 Å². The van der Waals surface area contributed by atoms with Crippen LogP contribution < -0.4 is 5.32 Å². The Morgan fingerprint density at radius 3 is 3.08 bits per heavy atom. The van der Waals surface area contributed by atoms with Gasteiger partial charge < -0.3 is 4.74 Å². The van der Waals surface area contributed by atoms with Crippen molar-refractivity contribution in [1.29, 1.82) is 5.26 Å². The molecule has 0 aromatic heterocycles. The van der Waals surface area contributed by atoms with Crippen molar-refractivity contribution in [3.63, 3.8) is 0 Å². The van der Waals surface area contributed by atoms with Crippen LogP contribution in [0, 0.1) is 29.6 Å². The zero-order chi connectivity index (χ0) is 9.52. The summed E-state index contributed by atoms with van der Waals surface area (Å²) in [5.41, 5.74) is 0. The Morgan fingerprint density at radius 1 is 1.69 bits per heavy atom. The van der Waals surface area contributed by atoms with Crippen LogP contribution >= 0.6 is 0 Å². The first-order chi connectivity index (χ1) is 6.38. The van der Waals surface area contributed by atoms with Crippen molar-refractivity contribution in [1.82, 2.24) is 5.32 Å². The molecule has 0 aromatic rings. The zero-order valence-corrected chi connectivity index (χ0v) is 7.62. The molecule has 0 amide bonds. The molecule has 0 bridgehead atoms. The van der Waals surface area contributed by atoms with E-state index in [0.717, 1.165) is 19.4 Å². The quantitative estimate of drug-likeness (QED) is 0.641. The van der Waals surface area contributed by atoms with Gasteiger partial charge in [-0.25, -0.2) is 0 Å². The molecule has 0 aromatic carbocycles. The van der Waals surface area contributed by atoms with Crippen molar-refractivity contribution in [2.24, 2.45) is 5.92 Å². The van der Waals surface area contributed by atoms with Crippen LogP contribution in [0.1, 0.15) is 12.8 Å². The van der Waals surface area contributed by atoms with Gasteiger partial charge in [0, 0.05) is 12.5 Å². The van der Waals surface area contributed by atoms with Gasteiger partial charge in [0.15, 0.2) is 0 Å². The predicted octanol–water partition coefficient (Wildman–Crippen LogP) is 0.528. The fraction of sp³-hybridized carbons (Fsp3) is 0.700. The molecule has 2 unspecified atom stereocenters. The van der Waals surface area contributed by atoms with Crippen LogP contribution in [0.2, 0.25) is 0 Å². The minimum Gasteiger partial charge on any atom is -0.381 e. The number of ether oxygens (including phenoxy) is 1. The average Bonchev–Trinajstić information content (AvgIpc) is 2.21. The third-order valence-corrected chi connectivity index (χ3v) is 2.23. The molecule has 0 aliphatic carbocycles. The number of hydrogen-bond donors (Lipinski definition) is 1. The molecule has 0 radical (unpaired) electrons. The van der Waals surface area contributed by atoms with Gasteiger partial charge >= 0.3 is 0 Å². The monoisotopic (exact) mass is 178 g/mol. The highest BCUT2D eigenvalue weighted by atomic mass is 16.5. The van der Waals surface area contributed by atoms with Crippen LogP contribution in [0.4, 0.5) is 0 Å². The summed E-state index contributed by atoms with van der Waals surface area (Å²) in [7, 11) is 0. The van der Waals surface area contributed by atoms with Crippen molar-refractivity contribution < 1.29 is 4.74 Å². The van der Waals surface area contributed by atoms with E-state index in [1.807, 2.05) is 0 Å². The van der Waals surface area contributed by atoms with Crippen LogP contribution in [-0.2, 0) is 4.74 Å². The molecule has 1 aliphatic heterocycles. The minimum atomic E-state index is -0.156. The van der Waals surface area contributed by atoms with E-state index in [4.69, 9.17) is 16.4 Å². The number of rotatable bonds is 3. The summed E-state index contributed by atoms with van der Waals surface area (Å²) in [6.45, 7) is 1.95. The fourth-order valence-electron chi connectivity index (χ4n) is 1.52. The van der Waals surface area contributed by atoms with Gasteiger partial charge in [0.1, 0.15) is 6.04 Å². The van der Waals surface area contributed by atoms with E-state index >= 15 is 0 Å². The van der Waals surface area contributed by atoms with E-state index < -0.39 is 0 Å². The highest BCUT2D eigenvalue weighted by molar-refractivity contribution is 4.99. The van der Waals surface area contributed by atoms with Crippen molar-refractivity contribution in [3.8, 4) is 18.4 Å². The van der Waals surface area contributed by atoms with Gasteiger partial charge in [-0.1, -0.05) is 5.92 Å². The largest absolute Gasteiger partial charge is 0.381 e. The first-order valence-electron chi connectivity index (χ1n) is 4.52. The van der Waals surface area contributed by atoms with E-state index in [0.29, 0.717) is 19.1 Å². The Morgan fingerprint density at radius 2 is 2.54 bits per heavy atom. The number of terminal acetylenes is 1. The molecular weight excluding hydrogens is 164 g/mol. The standard InChI is InChI=1S/C10H14N2O/c1-2-5-12-10(7-11)9-4-3-6-13-8-9/h1,9-10,12H,3-6,8H2. The van der Waals surface area contributed by atoms with Gasteiger partial charge in [-0.2, -0.15) is 5.26 Å². The smallest absolute Gasteiger partial charge is 0.101 e. The van der Waals surface area contributed by atoms with Crippen LogP contribution in [0.15, 0.2) is 0 Å². The maximum absolute atomic E-state index is 8.87. The van der Waals surface area contributed by atoms with Crippen molar-refractivity contribution in [2.75, 3.05) is 19.8 Å². The second-order valence-corrected chi connectivity index (χ2v) is 3.17. The lowest BCUT2D eigenvalue weighted by atomic mass is 9.95. The molecule has 1 N–H and O–H groups in total. The summed E-state index contributed by atoms with van der Waals surface area (Å²) < 4.78 is 5.30. The molecule has 70 valence electrons. The predicted molar refractivity (Wildman–Crippen MR) is 49.8 cm³/mol. The van der Waals surface area contributed by atoms with E-state index in [1.165, 1.54) is 0 Å². The van der Waals surface area contributed by atoms with Crippen LogP contribution in [0.5, 0.6) is 0 Å². The maximum atomic E-state index is 8.87. The van der Waals surface area contributed by atoms with E-state index in [1.54, 1.807) is 0 Å². The van der Waals surface area contributed by atoms with Crippen LogP contribution in [-0.4, -0.2) is 25.8 Å². The zero-order valence-electron chi connectivity index (χ0n) is 7.62. The first-order valence-corrected chi connectivity index (χ1v) is 4.52. The molecule has 0 saturated carbocycles. The minimum absolute atomic E-state index is 0.156. The molecule has 1 aliphatic rings. The molecule has 3 heteroatoms. The Labute approximate surface area is 79.1 Å². The summed E-state index contributed by atoms with van der Waals surface area (Å²) in [5, 5.41) is 11.9. The second kappa shape index (κ2) is 5.59. The van der Waals surface area contributed by atoms with Crippen LogP contribution in [0.25, 0.3) is 0 Å². The lowest BCUT2D eigenvalue weighted by Gasteiger charge is -2.25. The first kappa shape index (κ1) is 10.1. The SMILES string of the molecule is C#CCNC(C#N)C1CCCOC1. The van der Waals surface area contributed by atoms with Crippen molar-refractivity contribution in [3.05, 3.63) is 0 Å². The third-order valence-electron chi connectivity index (χ3n) is 2.23. The van der Waals surface area contributed by atoms with Crippen LogP contribution in [0.3, 0.4) is 0 Å². The summed E-state index contributed by atoms with van der Waals surface area (Å²) in [6, 6.07) is 2.06. The molecule has 3 nitrogen and oxygen atoms in total. The molecule has 1 fully saturated rings. The Kier molecular flexibility index (Phi) is 4.32. The Bertz CT molecular complexity index is 220. The number of nitriles is 1. The molecule has 1 heterocycles. The molecule has 2 atom stereocenters. The van der Waals surface area contributed by atoms with Gasteiger partial charge in [-0.05, 0) is 12.8 Å². The van der Waals surface area contributed by atoms with Gasteiger partial charge in [0.2, 0.25) is 0 Å². The van der Waals surface area contributed by atoms with Gasteiger partial charge in [0.05, 0.1) is 19.2 Å². The molecule has 0 spiro atoms. The Hall–Kier alpha value is -1.03. The maximum Gasteiger partial charge on any atom is 0.101 e. The highest BCUT2D eigenvalue weighted by Crippen LogP contribution is 2.16. The third kappa shape index (κ3) is 3.06. The molecule has 13 heavy (non-hydrogen) atoms. The molecular formula is C10H14N2O. The fourth-order valence-corrected chi connectivity index (χ4v) is 1.52. The van der Waals surface area contributed by atoms with Gasteiger partial charge in [-0.3, -0.25) is 5.32 Å². The number of nitrogens with zero attached hydrogens (tertiary/aromatic N) is 1. The summed E-state index contributed by atoms with van der Waals surface area (Å²) in [4.78, 5) is 0. The summed E-state index contributed by atoms with van der Waals surface area (Å²) >= 11 is 0. The summed E-state index contributed by atoms with van der Waals surface area (Å²) in [6.07, 6.45) is 7.20. The Balaban J connectivity index is 2.37. The normalized spacial score (nSPS) is 24.3. The van der Waals surface area contributed by atoms with E-state index in [9.17, 15) is 0 Å². The molecule has 1 rings (SSSR count). The lowest BCUT2D eigenvalue weighted by Crippen LogP contribution is -2.39.